The minimum Gasteiger partial charge on any atom is -0.357 e. The molecule has 0 spiro atoms. The van der Waals surface area contributed by atoms with Crippen LogP contribution in [0, 0.1) is 0 Å². The number of aliphatic imine (C=N–C) groups is 1. The van der Waals surface area contributed by atoms with Gasteiger partial charge in [0.05, 0.1) is 19.3 Å². The van der Waals surface area contributed by atoms with Gasteiger partial charge in [-0.25, -0.2) is 18.1 Å². The van der Waals surface area contributed by atoms with Crippen molar-refractivity contribution in [2.45, 2.75) is 26.4 Å². The maximum atomic E-state index is 11.1. The largest absolute Gasteiger partial charge is 0.357 e. The number of hydrogen-bond acceptors (Lipinski definition) is 4. The Bertz CT molecular complexity index is 818. The van der Waals surface area contributed by atoms with E-state index in [1.165, 1.54) is 5.56 Å². The van der Waals surface area contributed by atoms with E-state index in [0.717, 1.165) is 18.4 Å². The summed E-state index contributed by atoms with van der Waals surface area (Å²) in [5, 5.41) is 10.7. The minimum absolute atomic E-state index is 0.401. The Balaban J connectivity index is 1.92. The van der Waals surface area contributed by atoms with Gasteiger partial charge in [0, 0.05) is 32.0 Å². The molecule has 1 aromatic heterocycles. The third kappa shape index (κ3) is 8.23. The van der Waals surface area contributed by atoms with E-state index in [4.69, 9.17) is 0 Å². The average molecular weight is 393 g/mol. The molecule has 2 aromatic rings. The van der Waals surface area contributed by atoms with Crippen molar-refractivity contribution in [2.24, 2.45) is 4.99 Å². The lowest BCUT2D eigenvalue weighted by Gasteiger charge is -2.12. The number of benzene rings is 1. The molecular weight excluding hydrogens is 364 g/mol. The summed E-state index contributed by atoms with van der Waals surface area (Å²) in [6.07, 6.45) is 5.54. The van der Waals surface area contributed by atoms with E-state index in [2.05, 4.69) is 37.6 Å². The predicted molar refractivity (Wildman–Crippen MR) is 108 cm³/mol. The van der Waals surface area contributed by atoms with Crippen LogP contribution in [0.3, 0.4) is 0 Å². The van der Waals surface area contributed by atoms with E-state index >= 15 is 0 Å². The summed E-state index contributed by atoms with van der Waals surface area (Å²) in [4.78, 5) is 4.65. The molecule has 2 rings (SSSR count). The topological polar surface area (TPSA) is 100 Å². The lowest BCUT2D eigenvalue weighted by Crippen LogP contribution is -2.38. The summed E-state index contributed by atoms with van der Waals surface area (Å²) in [5.74, 6) is 0.714. The highest BCUT2D eigenvalue weighted by Gasteiger charge is 2.04. The number of sulfonamides is 1. The number of guanidine groups is 1. The third-order valence-electron chi connectivity index (χ3n) is 3.77. The molecular formula is C18H28N6O2S. The molecule has 0 aliphatic carbocycles. The smallest absolute Gasteiger partial charge is 0.208 e. The molecule has 0 aliphatic heterocycles. The van der Waals surface area contributed by atoms with Gasteiger partial charge in [-0.3, -0.25) is 4.68 Å². The summed E-state index contributed by atoms with van der Waals surface area (Å²) in [5.41, 5.74) is 2.32. The van der Waals surface area contributed by atoms with Crippen molar-refractivity contribution < 1.29 is 8.42 Å². The Morgan fingerprint density at radius 1 is 1.15 bits per heavy atom. The zero-order chi connectivity index (χ0) is 19.5. The molecule has 148 valence electrons. The highest BCUT2D eigenvalue weighted by atomic mass is 32.2. The van der Waals surface area contributed by atoms with Crippen molar-refractivity contribution in [3.63, 3.8) is 0 Å². The molecule has 0 radical (unpaired) electrons. The van der Waals surface area contributed by atoms with Crippen LogP contribution in [-0.4, -0.2) is 50.0 Å². The maximum Gasteiger partial charge on any atom is 0.208 e. The molecule has 0 atom stereocenters. The molecule has 27 heavy (non-hydrogen) atoms. The van der Waals surface area contributed by atoms with Crippen molar-refractivity contribution in [1.29, 1.82) is 0 Å². The summed E-state index contributed by atoms with van der Waals surface area (Å²) < 4.78 is 26.5. The third-order valence-corrected chi connectivity index (χ3v) is 4.50. The lowest BCUT2D eigenvalue weighted by molar-refractivity contribution is 0.584. The molecule has 0 bridgehead atoms. The van der Waals surface area contributed by atoms with Gasteiger partial charge in [-0.05, 0) is 30.5 Å². The Morgan fingerprint density at radius 3 is 2.59 bits per heavy atom. The van der Waals surface area contributed by atoms with Gasteiger partial charge in [0.25, 0.3) is 0 Å². The van der Waals surface area contributed by atoms with Gasteiger partial charge >= 0.3 is 0 Å². The Hall–Kier alpha value is -2.39. The van der Waals surface area contributed by atoms with Crippen molar-refractivity contribution in [2.75, 3.05) is 25.9 Å². The zero-order valence-electron chi connectivity index (χ0n) is 15.9. The molecule has 0 amide bonds. The van der Waals surface area contributed by atoms with Gasteiger partial charge in [0.1, 0.15) is 0 Å². The van der Waals surface area contributed by atoms with E-state index < -0.39 is 10.0 Å². The first kappa shape index (κ1) is 20.9. The van der Waals surface area contributed by atoms with Gasteiger partial charge in [0.2, 0.25) is 10.0 Å². The van der Waals surface area contributed by atoms with Gasteiger partial charge < -0.3 is 10.6 Å². The van der Waals surface area contributed by atoms with Gasteiger partial charge in [-0.2, -0.15) is 5.10 Å². The number of nitrogens with one attached hydrogen (secondary N) is 3. The van der Waals surface area contributed by atoms with Crippen LogP contribution in [0.4, 0.5) is 0 Å². The van der Waals surface area contributed by atoms with Crippen LogP contribution < -0.4 is 15.4 Å². The van der Waals surface area contributed by atoms with E-state index in [9.17, 15) is 8.42 Å². The highest BCUT2D eigenvalue weighted by Crippen LogP contribution is 2.11. The molecule has 0 unspecified atom stereocenters. The molecule has 0 saturated carbocycles. The Labute approximate surface area is 161 Å². The van der Waals surface area contributed by atoms with E-state index in [1.54, 1.807) is 6.20 Å². The molecule has 1 aromatic carbocycles. The highest BCUT2D eigenvalue weighted by molar-refractivity contribution is 7.88. The fourth-order valence-electron chi connectivity index (χ4n) is 2.49. The van der Waals surface area contributed by atoms with E-state index in [1.807, 2.05) is 36.0 Å². The standard InChI is InChI=1S/C18H28N6O2S/c1-3-19-18(20-10-6-12-23-27(2,25)26)21-14-16-8-4-5-9-17(16)15-24-13-7-11-22-24/h4-5,7-9,11,13,23H,3,6,10,12,14-15H2,1-2H3,(H2,19,20,21). The van der Waals surface area contributed by atoms with Crippen LogP contribution in [0.25, 0.3) is 0 Å². The van der Waals surface area contributed by atoms with Crippen LogP contribution >= 0.6 is 0 Å². The van der Waals surface area contributed by atoms with Crippen LogP contribution in [-0.2, 0) is 23.1 Å². The number of nitrogens with zero attached hydrogens (tertiary/aromatic N) is 3. The lowest BCUT2D eigenvalue weighted by atomic mass is 10.1. The molecule has 1 heterocycles. The van der Waals surface area contributed by atoms with Crippen LogP contribution in [0.2, 0.25) is 0 Å². The molecule has 0 saturated heterocycles. The number of hydrogen-bond donors (Lipinski definition) is 3. The molecule has 9 heteroatoms. The Kier molecular flexibility index (Phi) is 8.28. The molecule has 0 fully saturated rings. The maximum absolute atomic E-state index is 11.1. The van der Waals surface area contributed by atoms with Crippen molar-refractivity contribution in [3.8, 4) is 0 Å². The fraction of sp³-hybridized carbons (Fsp3) is 0.444. The van der Waals surface area contributed by atoms with Gasteiger partial charge in [-0.1, -0.05) is 24.3 Å². The second-order valence-electron chi connectivity index (χ2n) is 6.11. The molecule has 0 aliphatic rings. The summed E-state index contributed by atoms with van der Waals surface area (Å²) in [6.45, 7) is 5.05. The monoisotopic (exact) mass is 392 g/mol. The van der Waals surface area contributed by atoms with Crippen molar-refractivity contribution in [1.82, 2.24) is 25.1 Å². The summed E-state index contributed by atoms with van der Waals surface area (Å²) >= 11 is 0. The van der Waals surface area contributed by atoms with Crippen molar-refractivity contribution >= 4 is 16.0 Å². The van der Waals surface area contributed by atoms with Crippen LogP contribution in [0.5, 0.6) is 0 Å². The Morgan fingerprint density at radius 2 is 1.93 bits per heavy atom. The summed E-state index contributed by atoms with van der Waals surface area (Å²) in [7, 11) is -3.14. The van der Waals surface area contributed by atoms with E-state index in [0.29, 0.717) is 38.6 Å². The van der Waals surface area contributed by atoms with Crippen LogP contribution in [0.15, 0.2) is 47.7 Å². The zero-order valence-corrected chi connectivity index (χ0v) is 16.7. The van der Waals surface area contributed by atoms with Gasteiger partial charge in [0.15, 0.2) is 5.96 Å². The predicted octanol–water partition coefficient (Wildman–Crippen LogP) is 0.926. The molecule has 8 nitrogen and oxygen atoms in total. The quantitative estimate of drug-likeness (QED) is 0.317. The van der Waals surface area contributed by atoms with Crippen molar-refractivity contribution in [3.05, 3.63) is 53.9 Å². The van der Waals surface area contributed by atoms with E-state index in [-0.39, 0.29) is 0 Å². The van der Waals surface area contributed by atoms with Gasteiger partial charge in [-0.15, -0.1) is 0 Å². The number of aromatic nitrogens is 2. The first-order valence-electron chi connectivity index (χ1n) is 8.99. The first-order chi connectivity index (χ1) is 13.0. The number of rotatable bonds is 10. The average Bonchev–Trinajstić information content (AvgIpc) is 3.12. The summed E-state index contributed by atoms with van der Waals surface area (Å²) in [6, 6.07) is 10.1. The SMILES string of the molecule is CCNC(=NCc1ccccc1Cn1cccn1)NCCCNS(C)(=O)=O. The normalized spacial score (nSPS) is 12.1. The van der Waals surface area contributed by atoms with Crippen LogP contribution in [0.1, 0.15) is 24.5 Å². The first-order valence-corrected chi connectivity index (χ1v) is 10.9. The molecule has 3 N–H and O–H groups in total. The minimum atomic E-state index is -3.14. The fourth-order valence-corrected chi connectivity index (χ4v) is 3.01. The second kappa shape index (κ2) is 10.7. The second-order valence-corrected chi connectivity index (χ2v) is 7.95.